The zero-order valence-electron chi connectivity index (χ0n) is 14.2. The first-order valence-corrected chi connectivity index (χ1v) is 8.39. The quantitative estimate of drug-likeness (QED) is 0.448. The topological polar surface area (TPSA) is 26.5 Å². The normalized spacial score (nSPS) is 12.3. The number of rotatable bonds is 5. The number of aryl methyl sites for hydroxylation is 1. The molecule has 1 unspecified atom stereocenters. The Balaban J connectivity index is 2.02. The van der Waals surface area contributed by atoms with Crippen molar-refractivity contribution in [2.75, 3.05) is 6.61 Å². The lowest BCUT2D eigenvalue weighted by Gasteiger charge is -2.09. The number of alkyl halides is 1. The molecule has 3 nitrogen and oxygen atoms in total. The van der Waals surface area contributed by atoms with Crippen molar-refractivity contribution >= 4 is 17.2 Å². The van der Waals surface area contributed by atoms with Crippen molar-refractivity contribution in [3.63, 3.8) is 0 Å². The monoisotopic (exact) mass is 340 g/mol. The van der Waals surface area contributed by atoms with Gasteiger partial charge in [0.05, 0.1) is 16.8 Å². The molecule has 0 amide bonds. The van der Waals surface area contributed by atoms with E-state index in [0.29, 0.717) is 6.61 Å². The molecule has 2 aromatic heterocycles. The van der Waals surface area contributed by atoms with Gasteiger partial charge in [0, 0.05) is 11.8 Å². The highest BCUT2D eigenvalue weighted by atomic mass is 35.5. The third kappa shape index (κ3) is 3.31. The first kappa shape index (κ1) is 16.6. The van der Waals surface area contributed by atoms with Gasteiger partial charge in [-0.15, -0.1) is 11.6 Å². The molecule has 3 aromatic rings. The van der Waals surface area contributed by atoms with E-state index in [0.717, 1.165) is 33.9 Å². The van der Waals surface area contributed by atoms with Gasteiger partial charge in [-0.1, -0.05) is 12.6 Å². The number of pyridine rings is 1. The Hall–Kier alpha value is -2.26. The van der Waals surface area contributed by atoms with Crippen LogP contribution in [0.15, 0.2) is 54.7 Å². The van der Waals surface area contributed by atoms with Crippen LogP contribution in [-0.2, 0) is 0 Å². The summed E-state index contributed by atoms with van der Waals surface area (Å²) in [4.78, 5) is 4.77. The molecule has 0 aliphatic heterocycles. The van der Waals surface area contributed by atoms with Crippen molar-refractivity contribution < 1.29 is 4.74 Å². The van der Waals surface area contributed by atoms with E-state index in [1.807, 2.05) is 44.2 Å². The van der Waals surface area contributed by atoms with Crippen LogP contribution in [0, 0.1) is 6.92 Å². The minimum Gasteiger partial charge on any atom is -0.489 e. The summed E-state index contributed by atoms with van der Waals surface area (Å²) in [5.41, 5.74) is 6.02. The minimum absolute atomic E-state index is 0.142. The lowest BCUT2D eigenvalue weighted by atomic mass is 10.1. The van der Waals surface area contributed by atoms with E-state index >= 15 is 0 Å². The summed E-state index contributed by atoms with van der Waals surface area (Å²) in [7, 11) is 0. The lowest BCUT2D eigenvalue weighted by Crippen LogP contribution is -1.98. The molecule has 0 N–H and O–H groups in total. The number of nitrogens with zero attached hydrogens (tertiary/aromatic N) is 2. The van der Waals surface area contributed by atoms with Crippen LogP contribution in [0.1, 0.15) is 30.5 Å². The van der Waals surface area contributed by atoms with Gasteiger partial charge in [0.25, 0.3) is 0 Å². The van der Waals surface area contributed by atoms with E-state index in [1.165, 1.54) is 5.56 Å². The molecule has 24 heavy (non-hydrogen) atoms. The van der Waals surface area contributed by atoms with Gasteiger partial charge in [-0.2, -0.15) is 0 Å². The maximum absolute atomic E-state index is 6.45. The summed E-state index contributed by atoms with van der Waals surface area (Å²) in [5.74, 6) is 0.821. The summed E-state index contributed by atoms with van der Waals surface area (Å²) in [5, 5.41) is -0.142. The predicted molar refractivity (Wildman–Crippen MR) is 99.9 cm³/mol. The third-order valence-corrected chi connectivity index (χ3v) is 4.00. The molecule has 0 saturated heterocycles. The van der Waals surface area contributed by atoms with Gasteiger partial charge < -0.3 is 9.14 Å². The number of ether oxygens (including phenoxy) is 1. The second-order valence-electron chi connectivity index (χ2n) is 6.17. The highest BCUT2D eigenvalue weighted by Crippen LogP contribution is 2.33. The van der Waals surface area contributed by atoms with Gasteiger partial charge in [-0.05, 0) is 62.2 Å². The Kier molecular flexibility index (Phi) is 4.63. The van der Waals surface area contributed by atoms with E-state index in [4.69, 9.17) is 21.3 Å². The van der Waals surface area contributed by atoms with Crippen molar-refractivity contribution in [3.05, 3.63) is 66.0 Å². The van der Waals surface area contributed by atoms with Crippen molar-refractivity contribution in [2.45, 2.75) is 26.1 Å². The van der Waals surface area contributed by atoms with E-state index < -0.39 is 0 Å². The molecule has 0 bridgehead atoms. The van der Waals surface area contributed by atoms with Crippen molar-refractivity contribution in [2.24, 2.45) is 0 Å². The standard InChI is InChI=1S/C20H21ClN2O/c1-13(2)12-24-17-8-6-16(7-9-17)19-20(15(4)21)23-11-14(3)5-10-18(23)22-19/h5-11,15H,1,12H2,2-4H3. The summed E-state index contributed by atoms with van der Waals surface area (Å²) in [6.45, 7) is 10.4. The number of hydrogen-bond acceptors (Lipinski definition) is 2. The van der Waals surface area contributed by atoms with Crippen LogP contribution in [0.4, 0.5) is 0 Å². The molecule has 2 heterocycles. The zero-order valence-corrected chi connectivity index (χ0v) is 15.0. The first-order chi connectivity index (χ1) is 11.5. The van der Waals surface area contributed by atoms with Gasteiger partial charge in [0.1, 0.15) is 18.0 Å². The predicted octanol–water partition coefficient (Wildman–Crippen LogP) is 5.56. The van der Waals surface area contributed by atoms with Crippen molar-refractivity contribution in [1.82, 2.24) is 9.38 Å². The first-order valence-electron chi connectivity index (χ1n) is 7.96. The average molecular weight is 341 g/mol. The molecule has 0 fully saturated rings. The molecule has 0 radical (unpaired) electrons. The maximum Gasteiger partial charge on any atom is 0.137 e. The Bertz CT molecular complexity index is 879. The van der Waals surface area contributed by atoms with Gasteiger partial charge in [0.2, 0.25) is 0 Å². The second-order valence-corrected chi connectivity index (χ2v) is 6.82. The van der Waals surface area contributed by atoms with Gasteiger partial charge >= 0.3 is 0 Å². The highest BCUT2D eigenvalue weighted by molar-refractivity contribution is 6.20. The summed E-state index contributed by atoms with van der Waals surface area (Å²) < 4.78 is 7.74. The number of fused-ring (bicyclic) bond motifs is 1. The number of aromatic nitrogens is 2. The number of benzene rings is 1. The zero-order chi connectivity index (χ0) is 17.3. The van der Waals surface area contributed by atoms with E-state index in [1.54, 1.807) is 0 Å². The maximum atomic E-state index is 6.45. The second kappa shape index (κ2) is 6.70. The molecular formula is C20H21ClN2O. The fourth-order valence-corrected chi connectivity index (χ4v) is 2.89. The van der Waals surface area contributed by atoms with Crippen molar-refractivity contribution in [1.29, 1.82) is 0 Å². The molecular weight excluding hydrogens is 320 g/mol. The fourth-order valence-electron chi connectivity index (χ4n) is 2.68. The molecule has 0 saturated carbocycles. The largest absolute Gasteiger partial charge is 0.489 e. The fraction of sp³-hybridized carbons (Fsp3) is 0.250. The van der Waals surface area contributed by atoms with Crippen LogP contribution < -0.4 is 4.74 Å². The molecule has 1 atom stereocenters. The van der Waals surface area contributed by atoms with Gasteiger partial charge in [-0.3, -0.25) is 0 Å². The smallest absolute Gasteiger partial charge is 0.137 e. The van der Waals surface area contributed by atoms with E-state index in [-0.39, 0.29) is 5.38 Å². The van der Waals surface area contributed by atoms with Crippen molar-refractivity contribution in [3.8, 4) is 17.0 Å². The SMILES string of the molecule is C=C(C)COc1ccc(-c2nc3ccc(C)cn3c2C(C)Cl)cc1. The summed E-state index contributed by atoms with van der Waals surface area (Å²) in [6.07, 6.45) is 2.07. The van der Waals surface area contributed by atoms with Gasteiger partial charge in [-0.25, -0.2) is 4.98 Å². The summed E-state index contributed by atoms with van der Waals surface area (Å²) >= 11 is 6.45. The van der Waals surface area contributed by atoms with Crippen LogP contribution in [0.25, 0.3) is 16.9 Å². The molecule has 0 aliphatic carbocycles. The van der Waals surface area contributed by atoms with Crippen LogP contribution >= 0.6 is 11.6 Å². The average Bonchev–Trinajstić information content (AvgIpc) is 2.92. The molecule has 3 rings (SSSR count). The van der Waals surface area contributed by atoms with Crippen LogP contribution in [0.5, 0.6) is 5.75 Å². The molecule has 0 aliphatic rings. The van der Waals surface area contributed by atoms with Crippen LogP contribution in [0.2, 0.25) is 0 Å². The third-order valence-electron chi connectivity index (χ3n) is 3.79. The minimum atomic E-state index is -0.142. The molecule has 124 valence electrons. The number of hydrogen-bond donors (Lipinski definition) is 0. The number of imidazole rings is 1. The Morgan fingerprint density at radius 1 is 1.25 bits per heavy atom. The molecule has 4 heteroatoms. The van der Waals surface area contributed by atoms with Crippen LogP contribution in [0.3, 0.4) is 0 Å². The lowest BCUT2D eigenvalue weighted by molar-refractivity contribution is 0.353. The van der Waals surface area contributed by atoms with E-state index in [9.17, 15) is 0 Å². The molecule has 0 spiro atoms. The number of halogens is 1. The summed E-state index contributed by atoms with van der Waals surface area (Å²) in [6, 6.07) is 12.0. The van der Waals surface area contributed by atoms with Crippen LogP contribution in [-0.4, -0.2) is 16.0 Å². The van der Waals surface area contributed by atoms with Gasteiger partial charge in [0.15, 0.2) is 0 Å². The Labute approximate surface area is 147 Å². The highest BCUT2D eigenvalue weighted by Gasteiger charge is 2.18. The Morgan fingerprint density at radius 3 is 2.58 bits per heavy atom. The Morgan fingerprint density at radius 2 is 1.96 bits per heavy atom. The molecule has 1 aromatic carbocycles. The van der Waals surface area contributed by atoms with E-state index in [2.05, 4.69) is 30.2 Å².